The Kier molecular flexibility index (Phi) is 10.7. The SMILES string of the molecule is COC12CC[C@H](CCO)O[C@@H]1[C@@H](OC(C)=O)[C@@H]1O[C@H](CC(CCC(=O)O)CC(=O)O)[C@H](OCc3ccccc3)[C@@H]1O2. The second-order valence-corrected chi connectivity index (χ2v) is 10.9. The van der Waals surface area contributed by atoms with E-state index in [9.17, 15) is 29.7 Å². The number of aliphatic hydroxyl groups excluding tert-OH is 1. The zero-order valence-electron chi connectivity index (χ0n) is 23.4. The van der Waals surface area contributed by atoms with Gasteiger partial charge < -0.3 is 43.7 Å². The van der Waals surface area contributed by atoms with Gasteiger partial charge in [0.2, 0.25) is 0 Å². The molecule has 0 radical (unpaired) electrons. The maximum Gasteiger partial charge on any atom is 0.303 e. The van der Waals surface area contributed by atoms with Crippen LogP contribution in [0.25, 0.3) is 0 Å². The Morgan fingerprint density at radius 2 is 1.83 bits per heavy atom. The lowest BCUT2D eigenvalue weighted by atomic mass is 9.84. The van der Waals surface area contributed by atoms with E-state index in [0.29, 0.717) is 19.3 Å². The molecular formula is C29H40O12. The minimum atomic E-state index is -1.27. The maximum atomic E-state index is 12.3. The second kappa shape index (κ2) is 14.0. The zero-order chi connectivity index (χ0) is 29.6. The number of carbonyl (C=O) groups is 3. The van der Waals surface area contributed by atoms with Crippen molar-refractivity contribution in [1.82, 2.24) is 0 Å². The highest BCUT2D eigenvalue weighted by atomic mass is 16.8. The van der Waals surface area contributed by atoms with Gasteiger partial charge >= 0.3 is 17.9 Å². The number of carbonyl (C=O) groups excluding carboxylic acids is 1. The third kappa shape index (κ3) is 7.62. The van der Waals surface area contributed by atoms with Crippen molar-refractivity contribution in [2.75, 3.05) is 13.7 Å². The van der Waals surface area contributed by atoms with E-state index in [1.807, 2.05) is 30.3 Å². The predicted octanol–water partition coefficient (Wildman–Crippen LogP) is 2.29. The number of rotatable bonds is 14. The van der Waals surface area contributed by atoms with Gasteiger partial charge in [0.05, 0.1) is 18.8 Å². The van der Waals surface area contributed by atoms with Crippen molar-refractivity contribution >= 4 is 17.9 Å². The van der Waals surface area contributed by atoms with Crippen molar-refractivity contribution in [2.45, 2.75) is 107 Å². The molecule has 12 heteroatoms. The van der Waals surface area contributed by atoms with Crippen LogP contribution < -0.4 is 0 Å². The normalized spacial score (nSPS) is 33.4. The van der Waals surface area contributed by atoms with Gasteiger partial charge in [0, 0.05) is 39.9 Å². The summed E-state index contributed by atoms with van der Waals surface area (Å²) >= 11 is 0. The number of aliphatic carboxylic acids is 2. The number of hydrogen-bond acceptors (Lipinski definition) is 10. The van der Waals surface area contributed by atoms with E-state index in [2.05, 4.69) is 0 Å². The molecule has 0 spiro atoms. The lowest BCUT2D eigenvalue weighted by molar-refractivity contribution is -0.383. The van der Waals surface area contributed by atoms with Crippen molar-refractivity contribution in [3.63, 3.8) is 0 Å². The smallest absolute Gasteiger partial charge is 0.303 e. The summed E-state index contributed by atoms with van der Waals surface area (Å²) in [6.45, 7) is 1.43. The lowest BCUT2D eigenvalue weighted by Crippen LogP contribution is -2.69. The van der Waals surface area contributed by atoms with Gasteiger partial charge in [-0.05, 0) is 37.2 Å². The van der Waals surface area contributed by atoms with Crippen LogP contribution >= 0.6 is 0 Å². The van der Waals surface area contributed by atoms with Crippen LogP contribution in [0.3, 0.4) is 0 Å². The molecule has 4 rings (SSSR count). The molecule has 9 atom stereocenters. The summed E-state index contributed by atoms with van der Waals surface area (Å²) in [5.74, 6) is -4.39. The number of ether oxygens (including phenoxy) is 6. The lowest BCUT2D eigenvalue weighted by Gasteiger charge is -2.53. The van der Waals surface area contributed by atoms with Crippen LogP contribution in [0.5, 0.6) is 0 Å². The summed E-state index contributed by atoms with van der Waals surface area (Å²) < 4.78 is 37.5. The second-order valence-electron chi connectivity index (χ2n) is 10.9. The van der Waals surface area contributed by atoms with Crippen LogP contribution in [0.2, 0.25) is 0 Å². The number of aliphatic hydroxyl groups is 1. The average molecular weight is 581 g/mol. The van der Waals surface area contributed by atoms with Crippen LogP contribution in [0.15, 0.2) is 30.3 Å². The molecule has 1 aromatic rings. The fraction of sp³-hybridized carbons (Fsp3) is 0.690. The Hall–Kier alpha value is -2.61. The number of carboxylic acids is 2. The Bertz CT molecular complexity index is 1030. The summed E-state index contributed by atoms with van der Waals surface area (Å²) in [5.41, 5.74) is 0.905. The van der Waals surface area contributed by atoms with E-state index in [1.165, 1.54) is 14.0 Å². The fourth-order valence-electron chi connectivity index (χ4n) is 6.20. The number of fused-ring (bicyclic) bond motifs is 2. The Balaban J connectivity index is 1.66. The summed E-state index contributed by atoms with van der Waals surface area (Å²) in [6, 6.07) is 9.49. The molecule has 0 saturated carbocycles. The summed E-state index contributed by atoms with van der Waals surface area (Å²) in [5, 5.41) is 28.2. The number of carboxylic acid groups (broad SMARTS) is 2. The van der Waals surface area contributed by atoms with Gasteiger partial charge in [0.25, 0.3) is 0 Å². The van der Waals surface area contributed by atoms with E-state index in [-0.39, 0.29) is 45.0 Å². The Morgan fingerprint density at radius 3 is 2.46 bits per heavy atom. The van der Waals surface area contributed by atoms with Gasteiger partial charge in [-0.1, -0.05) is 30.3 Å². The standard InChI is InChI=1S/C29H40O12/c1-17(31)38-27-25-26(41-29(36-2)12-10-20(11-13-30)39-28(27)29)24(37-16-18-6-4-3-5-7-18)21(40-25)14-19(15-23(34)35)8-9-22(32)33/h3-7,19-21,24-28,30H,8-16H2,1-2H3,(H,32,33)(H,34,35)/t19?,20-,21-,24+,25-,26+,27+,28-,29?/m1/s1. The molecular weight excluding hydrogens is 540 g/mol. The van der Waals surface area contributed by atoms with Gasteiger partial charge in [-0.2, -0.15) is 0 Å². The van der Waals surface area contributed by atoms with Crippen molar-refractivity contribution in [2.24, 2.45) is 5.92 Å². The molecule has 0 amide bonds. The summed E-state index contributed by atoms with van der Waals surface area (Å²) in [7, 11) is 1.50. The molecule has 0 aliphatic carbocycles. The van der Waals surface area contributed by atoms with Gasteiger partial charge in [0.1, 0.15) is 18.3 Å². The van der Waals surface area contributed by atoms with Gasteiger partial charge in [0.15, 0.2) is 18.0 Å². The Morgan fingerprint density at radius 1 is 1.07 bits per heavy atom. The highest BCUT2D eigenvalue weighted by Gasteiger charge is 2.65. The minimum Gasteiger partial charge on any atom is -0.481 e. The largest absolute Gasteiger partial charge is 0.481 e. The van der Waals surface area contributed by atoms with Crippen LogP contribution in [-0.2, 0) is 49.4 Å². The van der Waals surface area contributed by atoms with E-state index < -0.39 is 66.2 Å². The van der Waals surface area contributed by atoms with E-state index in [1.54, 1.807) is 0 Å². The summed E-state index contributed by atoms with van der Waals surface area (Å²) in [4.78, 5) is 35.2. The van der Waals surface area contributed by atoms with Gasteiger partial charge in [-0.3, -0.25) is 14.4 Å². The number of esters is 1. The van der Waals surface area contributed by atoms with E-state index in [0.717, 1.165) is 5.56 Å². The predicted molar refractivity (Wildman–Crippen MR) is 141 cm³/mol. The molecule has 1 aromatic carbocycles. The van der Waals surface area contributed by atoms with Crippen molar-refractivity contribution < 1.29 is 58.1 Å². The van der Waals surface area contributed by atoms with E-state index in [4.69, 9.17) is 28.4 Å². The molecule has 3 aliphatic heterocycles. The van der Waals surface area contributed by atoms with Crippen LogP contribution in [-0.4, -0.2) is 95.5 Å². The quantitative estimate of drug-likeness (QED) is 0.275. The molecule has 228 valence electrons. The molecule has 12 nitrogen and oxygen atoms in total. The molecule has 0 aromatic heterocycles. The first-order valence-electron chi connectivity index (χ1n) is 14.1. The van der Waals surface area contributed by atoms with Crippen LogP contribution in [0, 0.1) is 5.92 Å². The molecule has 0 bridgehead atoms. The van der Waals surface area contributed by atoms with E-state index >= 15 is 0 Å². The molecule has 2 unspecified atom stereocenters. The maximum absolute atomic E-state index is 12.3. The monoisotopic (exact) mass is 580 g/mol. The highest BCUT2D eigenvalue weighted by molar-refractivity contribution is 5.68. The third-order valence-corrected chi connectivity index (χ3v) is 8.07. The fourth-order valence-corrected chi connectivity index (χ4v) is 6.20. The molecule has 3 N–H and O–H groups in total. The van der Waals surface area contributed by atoms with Crippen molar-refractivity contribution in [3.8, 4) is 0 Å². The zero-order valence-corrected chi connectivity index (χ0v) is 23.4. The Labute approximate surface area is 238 Å². The average Bonchev–Trinajstić information content (AvgIpc) is 3.27. The first kappa shape index (κ1) is 31.3. The minimum absolute atomic E-state index is 0.0716. The molecule has 3 fully saturated rings. The van der Waals surface area contributed by atoms with Gasteiger partial charge in [-0.25, -0.2) is 0 Å². The molecule has 3 saturated heterocycles. The van der Waals surface area contributed by atoms with Crippen molar-refractivity contribution in [1.29, 1.82) is 0 Å². The van der Waals surface area contributed by atoms with Crippen LogP contribution in [0.1, 0.15) is 57.4 Å². The number of hydrogen-bond donors (Lipinski definition) is 3. The first-order chi connectivity index (χ1) is 19.7. The number of methoxy groups -OCH3 is 1. The highest BCUT2D eigenvalue weighted by Crippen LogP contribution is 2.48. The molecule has 3 aliphatic rings. The number of benzene rings is 1. The molecule has 41 heavy (non-hydrogen) atoms. The van der Waals surface area contributed by atoms with Crippen LogP contribution in [0.4, 0.5) is 0 Å². The third-order valence-electron chi connectivity index (χ3n) is 8.07. The van der Waals surface area contributed by atoms with Gasteiger partial charge in [-0.15, -0.1) is 0 Å². The molecule has 3 heterocycles. The summed E-state index contributed by atoms with van der Waals surface area (Å²) in [6.07, 6.45) is -3.79. The topological polar surface area (TPSA) is 167 Å². The van der Waals surface area contributed by atoms with Crippen molar-refractivity contribution in [3.05, 3.63) is 35.9 Å². The first-order valence-corrected chi connectivity index (χ1v) is 14.1.